The zero-order chi connectivity index (χ0) is 14.1. The van der Waals surface area contributed by atoms with Gasteiger partial charge in [0.05, 0.1) is 0 Å². The van der Waals surface area contributed by atoms with Gasteiger partial charge in [-0.2, -0.15) is 0 Å². The van der Waals surface area contributed by atoms with Crippen LogP contribution >= 0.6 is 15.9 Å². The number of hydrogen-bond acceptors (Lipinski definition) is 4. The Morgan fingerprint density at radius 2 is 2.25 bits per heavy atom. The molecule has 20 heavy (non-hydrogen) atoms. The maximum absolute atomic E-state index is 12.0. The molecule has 1 aliphatic rings. The summed E-state index contributed by atoms with van der Waals surface area (Å²) in [5.41, 5.74) is 3.07. The Labute approximate surface area is 124 Å². The fourth-order valence-corrected chi connectivity index (χ4v) is 2.65. The molecule has 6 heteroatoms. The lowest BCUT2D eigenvalue weighted by Gasteiger charge is -2.13. The summed E-state index contributed by atoms with van der Waals surface area (Å²) >= 11 is 3.29. The second-order valence-corrected chi connectivity index (χ2v) is 5.46. The molecule has 0 bridgehead atoms. The predicted octanol–water partition coefficient (Wildman–Crippen LogP) is 2.26. The molecule has 0 saturated heterocycles. The number of nitrogens with one attached hydrogen (secondary N) is 1. The topological polar surface area (TPSA) is 59.3 Å². The first-order valence-electron chi connectivity index (χ1n) is 6.26. The van der Waals surface area contributed by atoms with E-state index in [2.05, 4.69) is 31.2 Å². The average Bonchev–Trinajstić information content (AvgIpc) is 2.44. The maximum atomic E-state index is 12.0. The summed E-state index contributed by atoms with van der Waals surface area (Å²) in [6, 6.07) is 5.98. The van der Waals surface area contributed by atoms with Crippen molar-refractivity contribution in [1.82, 2.24) is 9.55 Å². The lowest BCUT2D eigenvalue weighted by Crippen LogP contribution is -2.21. The summed E-state index contributed by atoms with van der Waals surface area (Å²) in [6.45, 7) is 0.813. The number of aromatic nitrogens is 2. The van der Waals surface area contributed by atoms with Gasteiger partial charge in [0.2, 0.25) is 0 Å². The number of nitrogens with zero attached hydrogens (tertiary/aromatic N) is 3. The highest BCUT2D eigenvalue weighted by molar-refractivity contribution is 9.10. The Hall–Kier alpha value is -1.95. The van der Waals surface area contributed by atoms with Gasteiger partial charge in [-0.25, -0.2) is 4.98 Å². The highest BCUT2D eigenvalue weighted by Gasteiger charge is 2.09. The fourth-order valence-electron chi connectivity index (χ4n) is 2.16. The van der Waals surface area contributed by atoms with Crippen LogP contribution in [0.5, 0.6) is 0 Å². The predicted molar refractivity (Wildman–Crippen MR) is 83.1 cm³/mol. The number of anilines is 2. The van der Waals surface area contributed by atoms with Gasteiger partial charge in [0.25, 0.3) is 5.56 Å². The molecule has 0 unspecified atom stereocenters. The van der Waals surface area contributed by atoms with Crippen molar-refractivity contribution in [3.05, 3.63) is 50.5 Å². The van der Waals surface area contributed by atoms with E-state index in [1.807, 2.05) is 24.4 Å². The van der Waals surface area contributed by atoms with E-state index >= 15 is 0 Å². The Kier molecular flexibility index (Phi) is 3.40. The molecule has 2 aromatic rings. The molecular weight excluding hydrogens is 320 g/mol. The third-order valence-corrected chi connectivity index (χ3v) is 3.57. The van der Waals surface area contributed by atoms with Gasteiger partial charge < -0.3 is 9.88 Å². The summed E-state index contributed by atoms with van der Waals surface area (Å²) in [7, 11) is 1.70. The second kappa shape index (κ2) is 5.20. The summed E-state index contributed by atoms with van der Waals surface area (Å²) in [6.07, 6.45) is 4.45. The summed E-state index contributed by atoms with van der Waals surface area (Å²) in [4.78, 5) is 20.4. The molecule has 5 nitrogen and oxygen atoms in total. The first-order chi connectivity index (χ1) is 9.63. The number of fused-ring (bicyclic) bond motifs is 1. The van der Waals surface area contributed by atoms with E-state index in [9.17, 15) is 4.79 Å². The van der Waals surface area contributed by atoms with Crippen molar-refractivity contribution in [2.75, 3.05) is 11.9 Å². The fraction of sp³-hybridized carbons (Fsp3) is 0.214. The van der Waals surface area contributed by atoms with Crippen LogP contribution in [0.2, 0.25) is 0 Å². The average molecular weight is 333 g/mol. The molecule has 1 N–H and O–H groups in total. The highest BCUT2D eigenvalue weighted by Crippen LogP contribution is 2.20. The second-order valence-electron chi connectivity index (χ2n) is 4.65. The van der Waals surface area contributed by atoms with Crippen molar-refractivity contribution in [2.45, 2.75) is 6.42 Å². The number of halogens is 1. The van der Waals surface area contributed by atoms with Crippen molar-refractivity contribution in [3.8, 4) is 0 Å². The minimum absolute atomic E-state index is 0.160. The molecule has 0 aliphatic carbocycles. The third-order valence-electron chi connectivity index (χ3n) is 3.19. The van der Waals surface area contributed by atoms with Gasteiger partial charge in [0.1, 0.15) is 4.60 Å². The number of aliphatic imine (C=N–C) groups is 1. The van der Waals surface area contributed by atoms with Gasteiger partial charge in [-0.1, -0.05) is 6.07 Å². The van der Waals surface area contributed by atoms with Crippen LogP contribution in [-0.2, 0) is 13.5 Å². The quantitative estimate of drug-likeness (QED) is 0.917. The number of aryl methyl sites for hydroxylation is 1. The molecule has 0 atom stereocenters. The van der Waals surface area contributed by atoms with Crippen LogP contribution in [0.4, 0.5) is 11.5 Å². The van der Waals surface area contributed by atoms with Crippen LogP contribution in [-0.4, -0.2) is 22.3 Å². The molecule has 0 radical (unpaired) electrons. The summed E-state index contributed by atoms with van der Waals surface area (Å²) < 4.78 is 2.11. The smallest absolute Gasteiger partial charge is 0.293 e. The van der Waals surface area contributed by atoms with Crippen LogP contribution < -0.4 is 10.9 Å². The number of benzene rings is 1. The van der Waals surface area contributed by atoms with Crippen LogP contribution in [0.25, 0.3) is 0 Å². The highest BCUT2D eigenvalue weighted by atomic mass is 79.9. The zero-order valence-corrected chi connectivity index (χ0v) is 12.5. The molecule has 1 aromatic carbocycles. The van der Waals surface area contributed by atoms with Crippen LogP contribution in [0.15, 0.2) is 38.8 Å². The normalized spacial score (nSPS) is 13.1. The molecule has 0 fully saturated rings. The zero-order valence-electron chi connectivity index (χ0n) is 10.9. The minimum atomic E-state index is -0.160. The van der Waals surface area contributed by atoms with Crippen molar-refractivity contribution in [2.24, 2.45) is 12.0 Å². The van der Waals surface area contributed by atoms with E-state index in [0.29, 0.717) is 10.4 Å². The van der Waals surface area contributed by atoms with E-state index in [-0.39, 0.29) is 5.56 Å². The summed E-state index contributed by atoms with van der Waals surface area (Å²) in [5, 5.41) is 3.09. The number of rotatable bonds is 2. The van der Waals surface area contributed by atoms with Gasteiger partial charge in [0.15, 0.2) is 5.82 Å². The molecular formula is C14H13BrN4O. The van der Waals surface area contributed by atoms with Crippen molar-refractivity contribution in [1.29, 1.82) is 0 Å². The van der Waals surface area contributed by atoms with E-state index < -0.39 is 0 Å². The Morgan fingerprint density at radius 1 is 1.40 bits per heavy atom. The molecule has 3 rings (SSSR count). The lowest BCUT2D eigenvalue weighted by molar-refractivity contribution is 0.837. The van der Waals surface area contributed by atoms with Gasteiger partial charge in [-0.3, -0.25) is 9.79 Å². The van der Waals surface area contributed by atoms with Gasteiger partial charge in [-0.05, 0) is 45.6 Å². The van der Waals surface area contributed by atoms with Crippen molar-refractivity contribution in [3.63, 3.8) is 0 Å². The van der Waals surface area contributed by atoms with Gasteiger partial charge in [-0.15, -0.1) is 0 Å². The Morgan fingerprint density at radius 3 is 3.10 bits per heavy atom. The molecule has 2 heterocycles. The SMILES string of the molecule is Cn1cc(Br)nc(Nc2ccc3c(c2)CCN=C3)c1=O. The molecule has 0 saturated carbocycles. The van der Waals surface area contributed by atoms with E-state index in [1.165, 1.54) is 10.1 Å². The standard InChI is InChI=1S/C14H13BrN4O/c1-19-8-12(15)18-13(14(19)20)17-11-3-2-10-7-16-5-4-9(10)6-11/h2-3,6-8H,4-5H2,1H3,(H,17,18). The van der Waals surface area contributed by atoms with E-state index in [0.717, 1.165) is 24.2 Å². The molecule has 1 aliphatic heterocycles. The largest absolute Gasteiger partial charge is 0.336 e. The Bertz CT molecular complexity index is 751. The molecule has 102 valence electrons. The van der Waals surface area contributed by atoms with Crippen molar-refractivity contribution >= 4 is 33.6 Å². The monoisotopic (exact) mass is 332 g/mol. The summed E-state index contributed by atoms with van der Waals surface area (Å²) in [5.74, 6) is 0.311. The minimum Gasteiger partial charge on any atom is -0.336 e. The third kappa shape index (κ3) is 2.51. The lowest BCUT2D eigenvalue weighted by atomic mass is 10.0. The van der Waals surface area contributed by atoms with Crippen LogP contribution in [0, 0.1) is 0 Å². The number of hydrogen-bond donors (Lipinski definition) is 1. The van der Waals surface area contributed by atoms with Crippen molar-refractivity contribution < 1.29 is 0 Å². The first-order valence-corrected chi connectivity index (χ1v) is 7.06. The van der Waals surface area contributed by atoms with E-state index in [4.69, 9.17) is 0 Å². The molecule has 0 spiro atoms. The van der Waals surface area contributed by atoms with Crippen LogP contribution in [0.1, 0.15) is 11.1 Å². The van der Waals surface area contributed by atoms with E-state index in [1.54, 1.807) is 13.2 Å². The Balaban J connectivity index is 1.96. The van der Waals surface area contributed by atoms with Crippen LogP contribution in [0.3, 0.4) is 0 Å². The first kappa shape index (κ1) is 13.1. The molecule has 0 amide bonds. The van der Waals surface area contributed by atoms with Gasteiger partial charge >= 0.3 is 0 Å². The maximum Gasteiger partial charge on any atom is 0.293 e. The molecule has 1 aromatic heterocycles. The van der Waals surface area contributed by atoms with Gasteiger partial charge in [0, 0.05) is 31.7 Å².